The van der Waals surface area contributed by atoms with Crippen LogP contribution in [0.5, 0.6) is 11.5 Å². The predicted octanol–water partition coefficient (Wildman–Crippen LogP) is 7.83. The molecule has 2 N–H and O–H groups in total. The monoisotopic (exact) mass is 589 g/mol. The van der Waals surface area contributed by atoms with Gasteiger partial charge in [0.05, 0.1) is 24.0 Å². The van der Waals surface area contributed by atoms with Gasteiger partial charge in [0.15, 0.2) is 22.4 Å². The van der Waals surface area contributed by atoms with Crippen LogP contribution in [-0.4, -0.2) is 24.0 Å². The summed E-state index contributed by atoms with van der Waals surface area (Å²) in [5, 5.41) is 8.20. The van der Waals surface area contributed by atoms with Gasteiger partial charge in [-0.2, -0.15) is 0 Å². The highest BCUT2D eigenvalue weighted by molar-refractivity contribution is 7.80. The Morgan fingerprint density at radius 3 is 2.54 bits per heavy atom. The van der Waals surface area contributed by atoms with E-state index < -0.39 is 6.04 Å². The summed E-state index contributed by atoms with van der Waals surface area (Å²) in [4.78, 5) is 16.0. The first-order chi connectivity index (χ1) is 19.7. The second-order valence-electron chi connectivity index (χ2n) is 11.1. The molecule has 0 bridgehead atoms. The van der Waals surface area contributed by atoms with Crippen molar-refractivity contribution < 1.29 is 14.3 Å². The summed E-state index contributed by atoms with van der Waals surface area (Å²) in [6.07, 6.45) is 1.21. The van der Waals surface area contributed by atoms with E-state index in [2.05, 4.69) is 29.4 Å². The molecule has 0 saturated carbocycles. The average molecular weight is 590 g/mol. The number of nitrogens with zero attached hydrogens (tertiary/aromatic N) is 1. The number of hydrogen-bond donors (Lipinski definition) is 2. The van der Waals surface area contributed by atoms with E-state index in [9.17, 15) is 4.79 Å². The first kappa shape index (κ1) is 29.0. The Labute approximate surface area is 252 Å². The van der Waals surface area contributed by atoms with Crippen molar-refractivity contribution in [2.75, 3.05) is 23.4 Å². The lowest BCUT2D eigenvalue weighted by Crippen LogP contribution is -2.44. The smallest absolute Gasteiger partial charge is 0.174 e. The van der Waals surface area contributed by atoms with Gasteiger partial charge in [0.1, 0.15) is 6.61 Å². The van der Waals surface area contributed by atoms with Crippen molar-refractivity contribution in [3.05, 3.63) is 94.1 Å². The largest absolute Gasteiger partial charge is 0.490 e. The standard InChI is InChI=1S/C33H36ClN3O3S/c1-5-35-32(41)37-26-10-8-7-9-24(26)36-25-18-33(3,4)19-27(38)30(25)31(37)22-13-16-28(29(17-22)39-6-2)40-20-21-11-14-23(34)15-12-21/h7-17,31,36H,5-6,18-20H2,1-4H3,(H,35,41). The highest BCUT2D eigenvalue weighted by Gasteiger charge is 2.42. The third-order valence-electron chi connectivity index (χ3n) is 7.34. The summed E-state index contributed by atoms with van der Waals surface area (Å²) in [6.45, 7) is 9.75. The molecule has 6 nitrogen and oxygen atoms in total. The lowest BCUT2D eigenvalue weighted by atomic mass is 9.73. The summed E-state index contributed by atoms with van der Waals surface area (Å²) in [6, 6.07) is 21.1. The summed E-state index contributed by atoms with van der Waals surface area (Å²) in [7, 11) is 0. The Morgan fingerprint density at radius 1 is 1.05 bits per heavy atom. The topological polar surface area (TPSA) is 62.8 Å². The van der Waals surface area contributed by atoms with Crippen LogP contribution in [-0.2, 0) is 11.4 Å². The van der Waals surface area contributed by atoms with Crippen LogP contribution in [0, 0.1) is 5.41 Å². The number of para-hydroxylation sites is 2. The molecule has 1 aliphatic heterocycles. The normalized spacial score (nSPS) is 17.6. The molecule has 3 aromatic carbocycles. The summed E-state index contributed by atoms with van der Waals surface area (Å²) in [5.41, 5.74) is 5.23. The van der Waals surface area contributed by atoms with Crippen molar-refractivity contribution in [3.8, 4) is 11.5 Å². The Hall–Kier alpha value is -3.55. The van der Waals surface area contributed by atoms with Gasteiger partial charge < -0.3 is 25.0 Å². The molecule has 5 rings (SSSR count). The first-order valence-corrected chi connectivity index (χ1v) is 14.8. The summed E-state index contributed by atoms with van der Waals surface area (Å²) < 4.78 is 12.3. The Balaban J connectivity index is 1.63. The Morgan fingerprint density at radius 2 is 1.80 bits per heavy atom. The average Bonchev–Trinajstić information content (AvgIpc) is 3.07. The van der Waals surface area contributed by atoms with Crippen LogP contribution in [0.4, 0.5) is 11.4 Å². The summed E-state index contributed by atoms with van der Waals surface area (Å²) in [5.74, 6) is 1.36. The van der Waals surface area contributed by atoms with E-state index in [0.29, 0.717) is 47.8 Å². The van der Waals surface area contributed by atoms with Gasteiger partial charge in [-0.3, -0.25) is 4.79 Å². The SMILES string of the molecule is CCNC(=S)N1c2ccccc2NC2=C(C(=O)CC(C)(C)C2)C1c1ccc(OCc2ccc(Cl)cc2)c(OCC)c1. The Kier molecular flexibility index (Phi) is 8.57. The molecule has 0 fully saturated rings. The molecule has 2 aliphatic rings. The molecular weight excluding hydrogens is 554 g/mol. The molecule has 1 aliphatic carbocycles. The molecular formula is C33H36ClN3O3S. The number of fused-ring (bicyclic) bond motifs is 1. The van der Waals surface area contributed by atoms with Crippen LogP contribution in [0.1, 0.15) is 57.7 Å². The Bertz CT molecular complexity index is 1490. The van der Waals surface area contributed by atoms with Crippen LogP contribution in [0.15, 0.2) is 78.0 Å². The van der Waals surface area contributed by atoms with Gasteiger partial charge in [-0.15, -0.1) is 0 Å². The third kappa shape index (κ3) is 6.21. The van der Waals surface area contributed by atoms with Crippen molar-refractivity contribution in [1.29, 1.82) is 0 Å². The number of carbonyl (C=O) groups excluding carboxylic acids is 1. The number of nitrogens with one attached hydrogen (secondary N) is 2. The summed E-state index contributed by atoms with van der Waals surface area (Å²) >= 11 is 12.0. The van der Waals surface area contributed by atoms with Crippen LogP contribution < -0.4 is 25.0 Å². The van der Waals surface area contributed by atoms with E-state index >= 15 is 0 Å². The van der Waals surface area contributed by atoms with Crippen molar-refractivity contribution in [2.45, 2.75) is 53.2 Å². The number of Topliss-reactive ketones (excluding diaryl/α,β-unsaturated/α-hetero) is 1. The van der Waals surface area contributed by atoms with Crippen LogP contribution in [0.25, 0.3) is 0 Å². The highest BCUT2D eigenvalue weighted by Crippen LogP contribution is 2.49. The van der Waals surface area contributed by atoms with Gasteiger partial charge in [-0.05, 0) is 85.4 Å². The molecule has 41 heavy (non-hydrogen) atoms. The van der Waals surface area contributed by atoms with Crippen molar-refractivity contribution >= 4 is 46.1 Å². The number of hydrogen-bond acceptors (Lipinski definition) is 5. The van der Waals surface area contributed by atoms with E-state index in [4.69, 9.17) is 33.3 Å². The zero-order chi connectivity index (χ0) is 29.1. The van der Waals surface area contributed by atoms with E-state index in [1.54, 1.807) is 0 Å². The highest BCUT2D eigenvalue weighted by atomic mass is 35.5. The zero-order valence-corrected chi connectivity index (χ0v) is 25.5. The molecule has 3 aromatic rings. The third-order valence-corrected chi connectivity index (χ3v) is 7.93. The van der Waals surface area contributed by atoms with Gasteiger partial charge in [0.25, 0.3) is 0 Å². The maximum Gasteiger partial charge on any atom is 0.174 e. The van der Waals surface area contributed by atoms with Crippen molar-refractivity contribution in [2.24, 2.45) is 5.41 Å². The number of anilines is 2. The number of benzene rings is 3. The number of thiocarbonyl (C=S) groups is 1. The number of carbonyl (C=O) groups is 1. The van der Waals surface area contributed by atoms with E-state index in [1.165, 1.54) is 0 Å². The lowest BCUT2D eigenvalue weighted by molar-refractivity contribution is -0.118. The van der Waals surface area contributed by atoms with Gasteiger partial charge in [-0.25, -0.2) is 0 Å². The number of rotatable bonds is 7. The predicted molar refractivity (Wildman–Crippen MR) is 170 cm³/mol. The minimum Gasteiger partial charge on any atom is -0.490 e. The van der Waals surface area contributed by atoms with Gasteiger partial charge >= 0.3 is 0 Å². The number of halogens is 1. The molecule has 1 heterocycles. The molecule has 0 spiro atoms. The molecule has 0 radical (unpaired) electrons. The van der Waals surface area contributed by atoms with Gasteiger partial charge in [0, 0.05) is 29.3 Å². The quantitative estimate of drug-likeness (QED) is 0.272. The lowest BCUT2D eigenvalue weighted by Gasteiger charge is -2.38. The molecule has 1 atom stereocenters. The molecule has 0 saturated heterocycles. The molecule has 1 unspecified atom stereocenters. The van der Waals surface area contributed by atoms with Crippen LogP contribution in [0.2, 0.25) is 5.02 Å². The van der Waals surface area contributed by atoms with Crippen molar-refractivity contribution in [1.82, 2.24) is 5.32 Å². The number of ether oxygens (including phenoxy) is 2. The fourth-order valence-electron chi connectivity index (χ4n) is 5.59. The fraction of sp³-hybridized carbons (Fsp3) is 0.333. The second-order valence-corrected chi connectivity index (χ2v) is 12.0. The van der Waals surface area contributed by atoms with Crippen molar-refractivity contribution in [3.63, 3.8) is 0 Å². The van der Waals surface area contributed by atoms with E-state index in [-0.39, 0.29) is 11.2 Å². The van der Waals surface area contributed by atoms with Crippen LogP contribution in [0.3, 0.4) is 0 Å². The second kappa shape index (κ2) is 12.1. The van der Waals surface area contributed by atoms with Crippen LogP contribution >= 0.6 is 23.8 Å². The maximum absolute atomic E-state index is 14.0. The number of ketones is 1. The first-order valence-electron chi connectivity index (χ1n) is 14.0. The number of allylic oxidation sites excluding steroid dienone is 1. The van der Waals surface area contributed by atoms with E-state index in [0.717, 1.165) is 40.2 Å². The van der Waals surface area contributed by atoms with Gasteiger partial charge in [-0.1, -0.05) is 55.8 Å². The molecule has 214 valence electrons. The molecule has 0 aromatic heterocycles. The maximum atomic E-state index is 14.0. The minimum absolute atomic E-state index is 0.117. The minimum atomic E-state index is -0.458. The molecule has 0 amide bonds. The zero-order valence-electron chi connectivity index (χ0n) is 23.9. The van der Waals surface area contributed by atoms with E-state index in [1.807, 2.05) is 80.6 Å². The molecule has 8 heteroatoms. The fourth-order valence-corrected chi connectivity index (χ4v) is 6.06. The van der Waals surface area contributed by atoms with Gasteiger partial charge in [0.2, 0.25) is 0 Å².